The monoisotopic (exact) mass is 308 g/mol. The molecule has 1 aromatic rings. The molecule has 0 radical (unpaired) electrons. The second-order valence-electron chi connectivity index (χ2n) is 1.21. The fourth-order valence-corrected chi connectivity index (χ4v) is 0.450. The number of hydrogen-bond donors (Lipinski definition) is 0. The van der Waals surface area contributed by atoms with Gasteiger partial charge in [0.25, 0.3) is 0 Å². The van der Waals surface area contributed by atoms with Crippen LogP contribution in [0.1, 0.15) is 0 Å². The van der Waals surface area contributed by atoms with Gasteiger partial charge in [0.1, 0.15) is 0 Å². The first-order chi connectivity index (χ1) is 4.91. The zero-order chi connectivity index (χ0) is 7.66. The molecule has 2 nitrogen and oxygen atoms in total. The molecule has 0 amide bonds. The number of carbonyl (C=O) groups excluding carboxylic acids is 2. The normalized spacial score (nSPS) is 6.00. The van der Waals surface area contributed by atoms with Crippen LogP contribution >= 0.6 is 0 Å². The summed E-state index contributed by atoms with van der Waals surface area (Å²) in [7, 11) is 0. The number of rotatable bonds is 0. The summed E-state index contributed by atoms with van der Waals surface area (Å²) in [6.45, 7) is 0. The maximum atomic E-state index is 9.09. The molecule has 0 aliphatic heterocycles. The van der Waals surface area contributed by atoms with Gasteiger partial charge in [-0.3, -0.25) is 0 Å². The standard InChI is InChI=1S/C5H5.2CO.Re/c1-2-4-5-3-1;2*1-2;/h1-5H;;;/q-1;;;. The Labute approximate surface area is 66.0 Å². The summed E-state index contributed by atoms with van der Waals surface area (Å²) < 4.78 is 2.99. The topological polar surface area (TPSA) is 34.1 Å². The van der Waals surface area contributed by atoms with Crippen LogP contribution in [0, 0.1) is 0 Å². The van der Waals surface area contributed by atoms with Gasteiger partial charge in [-0.1, -0.05) is 0 Å². The molecule has 0 aliphatic carbocycles. The molecule has 0 aromatic heterocycles. The third kappa shape index (κ3) is 7.17. The third-order valence-electron chi connectivity index (χ3n) is 0.633. The van der Waals surface area contributed by atoms with Crippen LogP contribution in [0.2, 0.25) is 0 Å². The summed E-state index contributed by atoms with van der Waals surface area (Å²) in [6, 6.07) is 10.0. The molecule has 3 heteroatoms. The Morgan fingerprint density at radius 2 is 1.60 bits per heavy atom. The molecule has 0 spiro atoms. The van der Waals surface area contributed by atoms with Gasteiger partial charge in [-0.15, -0.1) is 0 Å². The zero-order valence-electron chi connectivity index (χ0n) is 5.08. The molecule has 0 bridgehead atoms. The van der Waals surface area contributed by atoms with Gasteiger partial charge in [-0.05, 0) is 0 Å². The fourth-order valence-electron chi connectivity index (χ4n) is 0.336. The minimum Gasteiger partial charge on any atom is -0.214 e. The average Bonchev–Trinajstić information content (AvgIpc) is 2.44. The molecule has 10 heavy (non-hydrogen) atoms. The van der Waals surface area contributed by atoms with E-state index in [0.29, 0.717) is 0 Å². The molecule has 0 unspecified atom stereocenters. The number of hydrogen-bond acceptors (Lipinski definition) is 2. The van der Waals surface area contributed by atoms with Crippen LogP contribution in [0.5, 0.6) is 0 Å². The Balaban J connectivity index is 0.000000162. The van der Waals surface area contributed by atoms with E-state index >= 15 is 0 Å². The van der Waals surface area contributed by atoms with Crippen LogP contribution in [-0.4, -0.2) is 8.70 Å². The average molecular weight is 307 g/mol. The van der Waals surface area contributed by atoms with Gasteiger partial charge in [0.15, 0.2) is 0 Å². The zero-order valence-corrected chi connectivity index (χ0v) is 7.80. The predicted molar refractivity (Wildman–Crippen MR) is 33.4 cm³/mol. The van der Waals surface area contributed by atoms with Gasteiger partial charge in [-0.2, -0.15) is 18.2 Å². The summed E-state index contributed by atoms with van der Waals surface area (Å²) in [5.74, 6) is 0. The Kier molecular flexibility index (Phi) is 7.50. The van der Waals surface area contributed by atoms with E-state index < -0.39 is 17.1 Å². The SMILES string of the molecule is O=[C]=[Re]=[C]=O.c1cc[cH-]c1. The van der Waals surface area contributed by atoms with E-state index in [2.05, 4.69) is 0 Å². The van der Waals surface area contributed by atoms with Crippen molar-refractivity contribution in [2.24, 2.45) is 0 Å². The smallest absolute Gasteiger partial charge is 0.172 e. The summed E-state index contributed by atoms with van der Waals surface area (Å²) in [5, 5.41) is 0. The van der Waals surface area contributed by atoms with E-state index in [9.17, 15) is 0 Å². The van der Waals surface area contributed by atoms with Crippen molar-refractivity contribution in [3.8, 4) is 0 Å². The third-order valence-corrected chi connectivity index (χ3v) is 1.19. The van der Waals surface area contributed by atoms with Crippen molar-refractivity contribution in [1.82, 2.24) is 0 Å². The maximum absolute atomic E-state index is 9.09. The predicted octanol–water partition coefficient (Wildman–Crippen LogP) is 0.609. The van der Waals surface area contributed by atoms with E-state index in [1.807, 2.05) is 30.3 Å². The molecule has 0 saturated heterocycles. The van der Waals surface area contributed by atoms with Crippen molar-refractivity contribution in [1.29, 1.82) is 0 Å². The van der Waals surface area contributed by atoms with Gasteiger partial charge in [0.05, 0.1) is 0 Å². The van der Waals surface area contributed by atoms with E-state index in [4.69, 9.17) is 9.59 Å². The molecule has 0 aliphatic rings. The molecular weight excluding hydrogens is 302 g/mol. The summed E-state index contributed by atoms with van der Waals surface area (Å²) in [6.07, 6.45) is 0. The van der Waals surface area contributed by atoms with Gasteiger partial charge >= 0.3 is 35.4 Å². The van der Waals surface area contributed by atoms with Crippen molar-refractivity contribution in [2.75, 3.05) is 0 Å². The molecule has 0 N–H and O–H groups in total. The van der Waals surface area contributed by atoms with Crippen molar-refractivity contribution >= 4 is 8.70 Å². The molecule has 0 saturated carbocycles. The van der Waals surface area contributed by atoms with Gasteiger partial charge in [0.2, 0.25) is 0 Å². The largest absolute Gasteiger partial charge is 0.214 e. The molecule has 1 rings (SSSR count). The Bertz CT molecular complexity index is 218. The quantitative estimate of drug-likeness (QED) is 0.658. The summed E-state index contributed by atoms with van der Waals surface area (Å²) >= 11 is -1.27. The van der Waals surface area contributed by atoms with Crippen molar-refractivity contribution in [3.05, 3.63) is 30.3 Å². The van der Waals surface area contributed by atoms with E-state index in [0.717, 1.165) is 0 Å². The summed E-state index contributed by atoms with van der Waals surface area (Å²) in [4.78, 5) is 18.2. The van der Waals surface area contributed by atoms with Crippen LogP contribution in [0.4, 0.5) is 0 Å². The van der Waals surface area contributed by atoms with Gasteiger partial charge in [-0.25, -0.2) is 12.1 Å². The minimum atomic E-state index is -1.27. The first-order valence-corrected chi connectivity index (χ1v) is 5.17. The van der Waals surface area contributed by atoms with Crippen LogP contribution in [0.15, 0.2) is 30.3 Å². The second-order valence-corrected chi connectivity index (χ2v) is 3.00. The maximum Gasteiger partial charge on any atom is -0.172 e. The first-order valence-electron chi connectivity index (χ1n) is 2.45. The molecule has 1 aromatic carbocycles. The van der Waals surface area contributed by atoms with Gasteiger partial charge in [0, 0.05) is 0 Å². The van der Waals surface area contributed by atoms with Crippen LogP contribution in [0.25, 0.3) is 0 Å². The fraction of sp³-hybridized carbons (Fsp3) is 0. The van der Waals surface area contributed by atoms with Crippen molar-refractivity contribution in [3.63, 3.8) is 0 Å². The molecule has 0 atom stereocenters. The Morgan fingerprint density at radius 3 is 1.70 bits per heavy atom. The van der Waals surface area contributed by atoms with E-state index in [1.165, 1.54) is 8.70 Å². The summed E-state index contributed by atoms with van der Waals surface area (Å²) in [5.41, 5.74) is 0. The molecule has 0 heterocycles. The molecule has 0 fully saturated rings. The Hall–Kier alpha value is -0.828. The van der Waals surface area contributed by atoms with Crippen molar-refractivity contribution < 1.29 is 26.7 Å². The second kappa shape index (κ2) is 8.17. The van der Waals surface area contributed by atoms with Crippen molar-refractivity contribution in [2.45, 2.75) is 0 Å². The molecular formula is C7H5O2Re-. The molecule has 53 valence electrons. The first kappa shape index (κ1) is 9.17. The Morgan fingerprint density at radius 1 is 1.10 bits per heavy atom. The van der Waals surface area contributed by atoms with E-state index in [-0.39, 0.29) is 0 Å². The van der Waals surface area contributed by atoms with E-state index in [1.54, 1.807) is 0 Å². The van der Waals surface area contributed by atoms with Crippen LogP contribution in [0.3, 0.4) is 0 Å². The van der Waals surface area contributed by atoms with Crippen LogP contribution in [-0.2, 0) is 26.7 Å². The van der Waals surface area contributed by atoms with Gasteiger partial charge < -0.3 is 0 Å². The van der Waals surface area contributed by atoms with Crippen LogP contribution < -0.4 is 0 Å². The minimum absolute atomic E-state index is 1.27.